The molecule has 0 N–H and O–H groups in total. The van der Waals surface area contributed by atoms with Gasteiger partial charge in [0.1, 0.15) is 13.2 Å². The Morgan fingerprint density at radius 1 is 0.727 bits per heavy atom. The summed E-state index contributed by atoms with van der Waals surface area (Å²) in [5.41, 5.74) is 3.00. The molecule has 8 nitrogen and oxygen atoms in total. The van der Waals surface area contributed by atoms with E-state index in [2.05, 4.69) is 58.4 Å². The number of fused-ring (bicyclic) bond motifs is 1. The summed E-state index contributed by atoms with van der Waals surface area (Å²) in [4.78, 5) is 9.01. The van der Waals surface area contributed by atoms with Crippen LogP contribution in [-0.4, -0.2) is 57.7 Å². The molecule has 0 amide bonds. The molecule has 4 aromatic carbocycles. The maximum atomic E-state index is 14.2. The molecule has 0 unspecified atom stereocenters. The van der Waals surface area contributed by atoms with Gasteiger partial charge in [0.2, 0.25) is 26.6 Å². The second-order valence-corrected chi connectivity index (χ2v) is 13.0. The number of piperazine rings is 1. The summed E-state index contributed by atoms with van der Waals surface area (Å²) >= 11 is 6.26. The van der Waals surface area contributed by atoms with Crippen LogP contribution in [0.2, 0.25) is 5.02 Å². The highest BCUT2D eigenvalue weighted by Gasteiger charge is 2.35. The van der Waals surface area contributed by atoms with E-state index in [1.807, 2.05) is 17.0 Å². The fourth-order valence-electron chi connectivity index (χ4n) is 5.79. The normalized spacial score (nSPS) is 15.5. The lowest BCUT2D eigenvalue weighted by Crippen LogP contribution is -2.48. The standard InChI is InChI=1S/C34H30ClN3O5S/c35-27-13-7-12-26(22-27)32-36-33(44(39,40)28-14-15-29-30(23-28)42-21-20-41-29)34(43-32)38-18-16-37(17-19-38)31(24-8-3-1-4-9-24)25-10-5-2-6-11-25/h1-15,22-23,31H,16-21H2. The van der Waals surface area contributed by atoms with Gasteiger partial charge in [0, 0.05) is 42.8 Å². The van der Waals surface area contributed by atoms with Crippen molar-refractivity contribution in [2.45, 2.75) is 16.0 Å². The predicted molar refractivity (Wildman–Crippen MR) is 168 cm³/mol. The summed E-state index contributed by atoms with van der Waals surface area (Å²) in [6, 6.07) is 32.6. The minimum atomic E-state index is -4.09. The Kier molecular flexibility index (Phi) is 7.76. The van der Waals surface area contributed by atoms with Crippen LogP contribution in [0.5, 0.6) is 11.5 Å². The average Bonchev–Trinajstić information content (AvgIpc) is 3.53. The average molecular weight is 628 g/mol. The first-order chi connectivity index (χ1) is 21.5. The number of sulfone groups is 1. The zero-order valence-corrected chi connectivity index (χ0v) is 25.4. The van der Waals surface area contributed by atoms with Crippen LogP contribution >= 0.6 is 11.6 Å². The highest BCUT2D eigenvalue weighted by atomic mass is 35.5. The number of nitrogens with zero attached hydrogens (tertiary/aromatic N) is 3. The number of aromatic nitrogens is 1. The molecule has 0 spiro atoms. The molecule has 5 aromatic rings. The maximum absolute atomic E-state index is 14.2. The number of anilines is 1. The van der Waals surface area contributed by atoms with E-state index in [1.165, 1.54) is 23.3 Å². The first-order valence-corrected chi connectivity index (χ1v) is 16.3. The van der Waals surface area contributed by atoms with E-state index in [4.69, 9.17) is 25.5 Å². The largest absolute Gasteiger partial charge is 0.486 e. The van der Waals surface area contributed by atoms with Gasteiger partial charge in [0.25, 0.3) is 0 Å². The lowest BCUT2D eigenvalue weighted by atomic mass is 9.96. The Morgan fingerprint density at radius 3 is 2.05 bits per heavy atom. The summed E-state index contributed by atoms with van der Waals surface area (Å²) in [5, 5.41) is 0.361. The monoisotopic (exact) mass is 627 g/mol. The van der Waals surface area contributed by atoms with Crippen molar-refractivity contribution < 1.29 is 22.3 Å². The van der Waals surface area contributed by atoms with Gasteiger partial charge < -0.3 is 18.8 Å². The van der Waals surface area contributed by atoms with E-state index in [9.17, 15) is 8.42 Å². The first kappa shape index (κ1) is 28.5. The molecule has 224 valence electrons. The van der Waals surface area contributed by atoms with Gasteiger partial charge in [-0.3, -0.25) is 4.90 Å². The summed E-state index contributed by atoms with van der Waals surface area (Å²) in [6.45, 7) is 3.23. The van der Waals surface area contributed by atoms with Crippen LogP contribution in [0, 0.1) is 0 Å². The van der Waals surface area contributed by atoms with Crippen molar-refractivity contribution in [2.24, 2.45) is 0 Å². The summed E-state index contributed by atoms with van der Waals surface area (Å²) in [6.07, 6.45) is 0. The molecule has 2 aliphatic heterocycles. The van der Waals surface area contributed by atoms with Crippen LogP contribution in [0.15, 0.2) is 117 Å². The van der Waals surface area contributed by atoms with Gasteiger partial charge in [0.15, 0.2) is 11.5 Å². The van der Waals surface area contributed by atoms with Gasteiger partial charge in [-0.25, -0.2) is 8.42 Å². The minimum absolute atomic E-state index is 0.0563. The third-order valence-electron chi connectivity index (χ3n) is 7.93. The quantitative estimate of drug-likeness (QED) is 0.202. The van der Waals surface area contributed by atoms with Gasteiger partial charge in [-0.15, -0.1) is 0 Å². The molecule has 0 saturated carbocycles. The van der Waals surface area contributed by atoms with Crippen molar-refractivity contribution in [2.75, 3.05) is 44.3 Å². The van der Waals surface area contributed by atoms with Gasteiger partial charge in [0.05, 0.1) is 10.9 Å². The number of ether oxygens (including phenoxy) is 2. The van der Waals surface area contributed by atoms with Crippen molar-refractivity contribution >= 4 is 27.3 Å². The smallest absolute Gasteiger partial charge is 0.236 e. The number of benzene rings is 4. The molecule has 1 saturated heterocycles. The van der Waals surface area contributed by atoms with E-state index in [1.54, 1.807) is 30.3 Å². The van der Waals surface area contributed by atoms with Gasteiger partial charge in [-0.2, -0.15) is 4.98 Å². The number of halogens is 1. The van der Waals surface area contributed by atoms with Gasteiger partial charge >= 0.3 is 0 Å². The molecule has 3 heterocycles. The van der Waals surface area contributed by atoms with Crippen LogP contribution in [0.4, 0.5) is 5.88 Å². The second-order valence-electron chi connectivity index (χ2n) is 10.7. The second kappa shape index (κ2) is 12.0. The molecule has 1 aromatic heterocycles. The molecule has 0 aliphatic carbocycles. The summed E-state index contributed by atoms with van der Waals surface area (Å²) in [7, 11) is -4.09. The highest BCUT2D eigenvalue weighted by Crippen LogP contribution is 2.39. The molecular formula is C34H30ClN3O5S. The number of hydrogen-bond acceptors (Lipinski definition) is 8. The van der Waals surface area contributed by atoms with Crippen molar-refractivity contribution in [1.29, 1.82) is 0 Å². The molecule has 0 bridgehead atoms. The van der Waals surface area contributed by atoms with Gasteiger partial charge in [-0.1, -0.05) is 78.3 Å². The Labute approximate surface area is 261 Å². The number of hydrogen-bond donors (Lipinski definition) is 0. The van der Waals surface area contributed by atoms with Crippen LogP contribution in [0.25, 0.3) is 11.5 Å². The van der Waals surface area contributed by atoms with Crippen LogP contribution in [-0.2, 0) is 9.84 Å². The van der Waals surface area contributed by atoms with Crippen molar-refractivity contribution in [3.63, 3.8) is 0 Å². The summed E-state index contributed by atoms with van der Waals surface area (Å²) in [5.74, 6) is 1.30. The fraction of sp³-hybridized carbons (Fsp3) is 0.206. The molecule has 44 heavy (non-hydrogen) atoms. The first-order valence-electron chi connectivity index (χ1n) is 14.5. The SMILES string of the molecule is O=S(=O)(c1ccc2c(c1)OCCO2)c1nc(-c2cccc(Cl)c2)oc1N1CCN(C(c2ccccc2)c2ccccc2)CC1. The molecule has 10 heteroatoms. The van der Waals surface area contributed by atoms with E-state index in [0.717, 1.165) is 0 Å². The van der Waals surface area contributed by atoms with Crippen molar-refractivity contribution in [3.8, 4) is 23.0 Å². The van der Waals surface area contributed by atoms with Crippen LogP contribution in [0.3, 0.4) is 0 Å². The topological polar surface area (TPSA) is 85.1 Å². The van der Waals surface area contributed by atoms with E-state index >= 15 is 0 Å². The molecule has 1 fully saturated rings. The third-order valence-corrected chi connectivity index (χ3v) is 9.81. The zero-order valence-electron chi connectivity index (χ0n) is 23.8. The maximum Gasteiger partial charge on any atom is 0.236 e. The Balaban J connectivity index is 1.23. The van der Waals surface area contributed by atoms with Crippen molar-refractivity contribution in [3.05, 3.63) is 119 Å². The highest BCUT2D eigenvalue weighted by molar-refractivity contribution is 7.91. The van der Waals surface area contributed by atoms with Crippen LogP contribution in [0.1, 0.15) is 17.2 Å². The number of oxazole rings is 1. The molecule has 7 rings (SSSR count). The van der Waals surface area contributed by atoms with Crippen molar-refractivity contribution in [1.82, 2.24) is 9.88 Å². The Hall–Kier alpha value is -4.31. The molecule has 0 radical (unpaired) electrons. The minimum Gasteiger partial charge on any atom is -0.486 e. The Morgan fingerprint density at radius 2 is 1.39 bits per heavy atom. The number of rotatable bonds is 7. The summed E-state index contributed by atoms with van der Waals surface area (Å²) < 4.78 is 45.9. The lowest BCUT2D eigenvalue weighted by molar-refractivity contribution is 0.171. The predicted octanol–water partition coefficient (Wildman–Crippen LogP) is 6.51. The van der Waals surface area contributed by atoms with E-state index < -0.39 is 9.84 Å². The Bertz CT molecular complexity index is 1830. The fourth-order valence-corrected chi connectivity index (χ4v) is 7.32. The molecule has 2 aliphatic rings. The van der Waals surface area contributed by atoms with E-state index in [-0.39, 0.29) is 27.7 Å². The third kappa shape index (κ3) is 5.54. The zero-order chi connectivity index (χ0) is 30.1. The lowest BCUT2D eigenvalue weighted by Gasteiger charge is -2.39. The van der Waals surface area contributed by atoms with Crippen LogP contribution < -0.4 is 14.4 Å². The molecular weight excluding hydrogens is 598 g/mol. The van der Waals surface area contributed by atoms with Gasteiger partial charge in [-0.05, 0) is 41.5 Å². The molecule has 0 atom stereocenters. The van der Waals surface area contributed by atoms with E-state index in [0.29, 0.717) is 61.5 Å².